The van der Waals surface area contributed by atoms with Crippen molar-refractivity contribution in [2.45, 2.75) is 36.5 Å². The van der Waals surface area contributed by atoms with Crippen LogP contribution in [0.25, 0.3) is 0 Å². The van der Waals surface area contributed by atoms with E-state index in [4.69, 9.17) is 0 Å². The Labute approximate surface area is 134 Å². The highest BCUT2D eigenvalue weighted by Crippen LogP contribution is 2.25. The molecule has 3 unspecified atom stereocenters. The van der Waals surface area contributed by atoms with E-state index >= 15 is 0 Å². The molecule has 2 N–H and O–H groups in total. The number of carbonyl (C=O) groups is 1. The van der Waals surface area contributed by atoms with Gasteiger partial charge in [-0.25, -0.2) is 0 Å². The van der Waals surface area contributed by atoms with Crippen LogP contribution in [0.15, 0.2) is 29.2 Å². The first-order valence-electron chi connectivity index (χ1n) is 7.39. The molecule has 1 amide bonds. The molecule has 1 aliphatic rings. The van der Waals surface area contributed by atoms with Gasteiger partial charge in [0.1, 0.15) is 0 Å². The largest absolute Gasteiger partial charge is 0.352 e. The number of hydrogen-bond acceptors (Lipinski definition) is 5. The average Bonchev–Trinajstić information content (AvgIpc) is 2.50. The molecule has 2 rings (SSSR count). The number of piperidine rings is 1. The van der Waals surface area contributed by atoms with E-state index in [1.165, 1.54) is 23.9 Å². The summed E-state index contributed by atoms with van der Waals surface area (Å²) in [5, 5.41) is 16.8. The predicted octanol–water partition coefficient (Wildman–Crippen LogP) is 2.19. The molecule has 1 fully saturated rings. The van der Waals surface area contributed by atoms with Crippen molar-refractivity contribution in [3.63, 3.8) is 0 Å². The standard InChI is InChI=1S/C15H21N3O3S/c1-10-9-16-8-7-14(10)17-15(19)11(2)22-13-5-3-12(4-6-13)18(20)21/h3-6,10-11,14,16H,7-9H2,1-2H3,(H,17,19). The number of thioether (sulfide) groups is 1. The monoisotopic (exact) mass is 323 g/mol. The molecule has 22 heavy (non-hydrogen) atoms. The van der Waals surface area contributed by atoms with Gasteiger partial charge in [0.2, 0.25) is 5.91 Å². The zero-order valence-electron chi connectivity index (χ0n) is 12.7. The summed E-state index contributed by atoms with van der Waals surface area (Å²) in [6, 6.07) is 6.50. The molecular formula is C15H21N3O3S. The molecule has 6 nitrogen and oxygen atoms in total. The number of nitrogens with zero attached hydrogens (tertiary/aromatic N) is 1. The quantitative estimate of drug-likeness (QED) is 0.493. The van der Waals surface area contributed by atoms with Gasteiger partial charge in [-0.2, -0.15) is 0 Å². The van der Waals surface area contributed by atoms with Gasteiger partial charge < -0.3 is 10.6 Å². The van der Waals surface area contributed by atoms with Crippen LogP contribution >= 0.6 is 11.8 Å². The molecular weight excluding hydrogens is 302 g/mol. The number of rotatable bonds is 5. The normalized spacial score (nSPS) is 22.8. The SMILES string of the molecule is CC(Sc1ccc([N+](=O)[O-])cc1)C(=O)NC1CCNCC1C. The summed E-state index contributed by atoms with van der Waals surface area (Å²) in [6.07, 6.45) is 0.946. The first-order chi connectivity index (χ1) is 10.5. The summed E-state index contributed by atoms with van der Waals surface area (Å²) >= 11 is 1.41. The predicted molar refractivity (Wildman–Crippen MR) is 87.0 cm³/mol. The summed E-state index contributed by atoms with van der Waals surface area (Å²) in [4.78, 5) is 23.3. The Morgan fingerprint density at radius 3 is 2.73 bits per heavy atom. The molecule has 1 aromatic carbocycles. The summed E-state index contributed by atoms with van der Waals surface area (Å²) < 4.78 is 0. The zero-order valence-corrected chi connectivity index (χ0v) is 13.6. The highest BCUT2D eigenvalue weighted by atomic mass is 32.2. The van der Waals surface area contributed by atoms with Crippen molar-refractivity contribution >= 4 is 23.4 Å². The van der Waals surface area contributed by atoms with Gasteiger partial charge in [-0.1, -0.05) is 6.92 Å². The fraction of sp³-hybridized carbons (Fsp3) is 0.533. The maximum atomic E-state index is 12.3. The van der Waals surface area contributed by atoms with E-state index in [9.17, 15) is 14.9 Å². The Morgan fingerprint density at radius 2 is 2.14 bits per heavy atom. The number of nitro groups is 1. The molecule has 0 aromatic heterocycles. The topological polar surface area (TPSA) is 84.3 Å². The highest BCUT2D eigenvalue weighted by Gasteiger charge is 2.25. The minimum atomic E-state index is -0.427. The van der Waals surface area contributed by atoms with Crippen LogP contribution in [0.1, 0.15) is 20.3 Å². The van der Waals surface area contributed by atoms with E-state index in [0.717, 1.165) is 24.4 Å². The smallest absolute Gasteiger partial charge is 0.269 e. The van der Waals surface area contributed by atoms with Gasteiger partial charge in [0.05, 0.1) is 10.2 Å². The van der Waals surface area contributed by atoms with Crippen LogP contribution in [0.3, 0.4) is 0 Å². The summed E-state index contributed by atoms with van der Waals surface area (Å²) in [6.45, 7) is 5.84. The molecule has 0 radical (unpaired) electrons. The third-order valence-corrected chi connectivity index (χ3v) is 4.95. The van der Waals surface area contributed by atoms with Crippen molar-refractivity contribution in [1.82, 2.24) is 10.6 Å². The number of amides is 1. The first-order valence-corrected chi connectivity index (χ1v) is 8.27. The molecule has 1 aliphatic heterocycles. The fourth-order valence-electron chi connectivity index (χ4n) is 2.43. The lowest BCUT2D eigenvalue weighted by Crippen LogP contribution is -2.50. The van der Waals surface area contributed by atoms with Crippen LogP contribution in [-0.4, -0.2) is 35.2 Å². The van der Waals surface area contributed by atoms with Crippen molar-refractivity contribution < 1.29 is 9.72 Å². The molecule has 1 heterocycles. The van der Waals surface area contributed by atoms with Crippen molar-refractivity contribution in [3.8, 4) is 0 Å². The number of non-ortho nitro benzene ring substituents is 1. The molecule has 3 atom stereocenters. The molecule has 0 spiro atoms. The maximum Gasteiger partial charge on any atom is 0.269 e. The summed E-state index contributed by atoms with van der Waals surface area (Å²) in [7, 11) is 0. The lowest BCUT2D eigenvalue weighted by Gasteiger charge is -2.31. The maximum absolute atomic E-state index is 12.3. The second kappa shape index (κ2) is 7.60. The van der Waals surface area contributed by atoms with Crippen molar-refractivity contribution in [3.05, 3.63) is 34.4 Å². The summed E-state index contributed by atoms with van der Waals surface area (Å²) in [5.74, 6) is 0.441. The second-order valence-electron chi connectivity index (χ2n) is 5.60. The third kappa shape index (κ3) is 4.45. The van der Waals surface area contributed by atoms with E-state index in [1.807, 2.05) is 6.92 Å². The van der Waals surface area contributed by atoms with Gasteiger partial charge in [0, 0.05) is 23.1 Å². The van der Waals surface area contributed by atoms with Crippen LogP contribution in [0.4, 0.5) is 5.69 Å². The van der Waals surface area contributed by atoms with Gasteiger partial charge in [-0.05, 0) is 44.5 Å². The number of nitrogens with one attached hydrogen (secondary N) is 2. The number of carbonyl (C=O) groups excluding carboxylic acids is 1. The van der Waals surface area contributed by atoms with Crippen molar-refractivity contribution in [1.29, 1.82) is 0 Å². The van der Waals surface area contributed by atoms with Crippen molar-refractivity contribution in [2.24, 2.45) is 5.92 Å². The molecule has 120 valence electrons. The molecule has 0 saturated carbocycles. The number of benzene rings is 1. The molecule has 0 aliphatic carbocycles. The van der Waals surface area contributed by atoms with E-state index in [1.54, 1.807) is 12.1 Å². The zero-order chi connectivity index (χ0) is 16.1. The van der Waals surface area contributed by atoms with Crippen LogP contribution in [0, 0.1) is 16.0 Å². The Bertz CT molecular complexity index is 535. The molecule has 0 bridgehead atoms. The van der Waals surface area contributed by atoms with Gasteiger partial charge in [0.15, 0.2) is 0 Å². The van der Waals surface area contributed by atoms with Crippen molar-refractivity contribution in [2.75, 3.05) is 13.1 Å². The van der Waals surface area contributed by atoms with Crippen LogP contribution < -0.4 is 10.6 Å². The van der Waals surface area contributed by atoms with E-state index in [2.05, 4.69) is 17.6 Å². The molecule has 7 heteroatoms. The van der Waals surface area contributed by atoms with Crippen LogP contribution in [-0.2, 0) is 4.79 Å². The van der Waals surface area contributed by atoms with Gasteiger partial charge in [0.25, 0.3) is 5.69 Å². The fourth-order valence-corrected chi connectivity index (χ4v) is 3.31. The van der Waals surface area contributed by atoms with E-state index in [0.29, 0.717) is 5.92 Å². The van der Waals surface area contributed by atoms with E-state index < -0.39 is 4.92 Å². The average molecular weight is 323 g/mol. The van der Waals surface area contributed by atoms with Gasteiger partial charge >= 0.3 is 0 Å². The molecule has 1 saturated heterocycles. The lowest BCUT2D eigenvalue weighted by atomic mass is 9.95. The first kappa shape index (κ1) is 16.8. The van der Waals surface area contributed by atoms with Gasteiger partial charge in [-0.3, -0.25) is 14.9 Å². The lowest BCUT2D eigenvalue weighted by molar-refractivity contribution is -0.384. The minimum Gasteiger partial charge on any atom is -0.352 e. The van der Waals surface area contributed by atoms with Crippen LogP contribution in [0.5, 0.6) is 0 Å². The number of hydrogen-bond donors (Lipinski definition) is 2. The van der Waals surface area contributed by atoms with E-state index in [-0.39, 0.29) is 22.9 Å². The Balaban J connectivity index is 1.89. The highest BCUT2D eigenvalue weighted by molar-refractivity contribution is 8.00. The van der Waals surface area contributed by atoms with Gasteiger partial charge in [-0.15, -0.1) is 11.8 Å². The number of nitro benzene ring substituents is 1. The Kier molecular flexibility index (Phi) is 5.79. The third-order valence-electron chi connectivity index (χ3n) is 3.84. The Morgan fingerprint density at radius 1 is 1.45 bits per heavy atom. The Hall–Kier alpha value is -1.60. The van der Waals surface area contributed by atoms with Crippen LogP contribution in [0.2, 0.25) is 0 Å². The minimum absolute atomic E-state index is 0.0158. The summed E-state index contributed by atoms with van der Waals surface area (Å²) in [5.41, 5.74) is 0.0602. The second-order valence-corrected chi connectivity index (χ2v) is 7.01. The molecule has 1 aromatic rings.